The molecule has 1 saturated carbocycles. The maximum absolute atomic E-state index is 12.3. The second kappa shape index (κ2) is 9.32. The summed E-state index contributed by atoms with van der Waals surface area (Å²) in [6.07, 6.45) is 7.11. The number of hydrogen-bond acceptors (Lipinski definition) is 5. The van der Waals surface area contributed by atoms with Crippen LogP contribution in [0, 0.1) is 5.92 Å². The van der Waals surface area contributed by atoms with Gasteiger partial charge in [-0.3, -0.25) is 9.52 Å². The van der Waals surface area contributed by atoms with Crippen LogP contribution in [0.4, 0.5) is 5.13 Å². The highest BCUT2D eigenvalue weighted by molar-refractivity contribution is 7.93. The number of nitrogens with one attached hydrogen (secondary N) is 2. The van der Waals surface area contributed by atoms with E-state index in [0.29, 0.717) is 23.9 Å². The zero-order chi connectivity index (χ0) is 19.1. The summed E-state index contributed by atoms with van der Waals surface area (Å²) in [7, 11) is -3.63. The molecule has 1 amide bonds. The van der Waals surface area contributed by atoms with Gasteiger partial charge in [0.1, 0.15) is 0 Å². The largest absolute Gasteiger partial charge is 0.356 e. The van der Waals surface area contributed by atoms with Gasteiger partial charge in [-0.25, -0.2) is 13.4 Å². The molecule has 0 unspecified atom stereocenters. The predicted molar refractivity (Wildman–Crippen MR) is 107 cm³/mol. The molecule has 0 atom stereocenters. The Bertz CT molecular complexity index is 844. The van der Waals surface area contributed by atoms with Crippen LogP contribution in [0.2, 0.25) is 0 Å². The molecular weight excluding hydrogens is 382 g/mol. The van der Waals surface area contributed by atoms with Crippen LogP contribution < -0.4 is 10.0 Å². The van der Waals surface area contributed by atoms with E-state index in [1.165, 1.54) is 55.6 Å². The number of rotatable bonds is 8. The first-order valence-electron chi connectivity index (χ1n) is 9.32. The van der Waals surface area contributed by atoms with Gasteiger partial charge < -0.3 is 5.32 Å². The molecule has 0 bridgehead atoms. The van der Waals surface area contributed by atoms with Crippen molar-refractivity contribution in [1.29, 1.82) is 0 Å². The molecule has 6 nitrogen and oxygen atoms in total. The number of anilines is 1. The van der Waals surface area contributed by atoms with E-state index in [0.717, 1.165) is 12.2 Å². The Balaban J connectivity index is 1.46. The van der Waals surface area contributed by atoms with Crippen LogP contribution in [0.5, 0.6) is 0 Å². The molecule has 1 aromatic heterocycles. The second-order valence-electron chi connectivity index (χ2n) is 6.87. The zero-order valence-electron chi connectivity index (χ0n) is 15.2. The van der Waals surface area contributed by atoms with Crippen LogP contribution in [0.3, 0.4) is 0 Å². The van der Waals surface area contributed by atoms with Crippen LogP contribution in [-0.2, 0) is 21.2 Å². The molecule has 0 spiro atoms. The van der Waals surface area contributed by atoms with Crippen molar-refractivity contribution < 1.29 is 13.2 Å². The van der Waals surface area contributed by atoms with Crippen molar-refractivity contribution in [3.8, 4) is 0 Å². The summed E-state index contributed by atoms with van der Waals surface area (Å²) >= 11 is 1.23. The number of hydrogen-bond donors (Lipinski definition) is 2. The van der Waals surface area contributed by atoms with Crippen LogP contribution in [0.25, 0.3) is 0 Å². The SMILES string of the molecule is O=C(CCc1csc(NS(=O)(=O)c2ccccc2)n1)NCC1CCCCC1. The third-order valence-electron chi connectivity index (χ3n) is 4.75. The van der Waals surface area contributed by atoms with Crippen molar-refractivity contribution in [3.05, 3.63) is 41.4 Å². The first-order valence-corrected chi connectivity index (χ1v) is 11.7. The number of thiazole rings is 1. The molecule has 1 fully saturated rings. The minimum Gasteiger partial charge on any atom is -0.356 e. The van der Waals surface area contributed by atoms with Crippen molar-refractivity contribution in [2.45, 2.75) is 49.8 Å². The van der Waals surface area contributed by atoms with E-state index in [2.05, 4.69) is 15.0 Å². The summed E-state index contributed by atoms with van der Waals surface area (Å²) < 4.78 is 27.1. The summed E-state index contributed by atoms with van der Waals surface area (Å²) in [5.41, 5.74) is 0.721. The fraction of sp³-hybridized carbons (Fsp3) is 0.474. The van der Waals surface area contributed by atoms with E-state index < -0.39 is 10.0 Å². The lowest BCUT2D eigenvalue weighted by atomic mass is 9.89. The Kier molecular flexibility index (Phi) is 6.84. The van der Waals surface area contributed by atoms with Gasteiger partial charge in [0.25, 0.3) is 10.0 Å². The second-order valence-corrected chi connectivity index (χ2v) is 9.41. The van der Waals surface area contributed by atoms with E-state index in [-0.39, 0.29) is 10.8 Å². The molecule has 0 saturated heterocycles. The van der Waals surface area contributed by atoms with Gasteiger partial charge in [-0.2, -0.15) is 0 Å². The fourth-order valence-electron chi connectivity index (χ4n) is 3.22. The monoisotopic (exact) mass is 407 g/mol. The van der Waals surface area contributed by atoms with Gasteiger partial charge in [-0.15, -0.1) is 11.3 Å². The lowest BCUT2D eigenvalue weighted by molar-refractivity contribution is -0.121. The van der Waals surface area contributed by atoms with E-state index >= 15 is 0 Å². The van der Waals surface area contributed by atoms with Gasteiger partial charge in [0, 0.05) is 18.3 Å². The molecular formula is C19H25N3O3S2. The van der Waals surface area contributed by atoms with Gasteiger partial charge in [0.15, 0.2) is 5.13 Å². The molecule has 2 N–H and O–H groups in total. The maximum atomic E-state index is 12.3. The number of aryl methyl sites for hydroxylation is 1. The summed E-state index contributed by atoms with van der Waals surface area (Å²) in [4.78, 5) is 16.5. The van der Waals surface area contributed by atoms with Gasteiger partial charge in [-0.05, 0) is 37.3 Å². The highest BCUT2D eigenvalue weighted by Crippen LogP contribution is 2.23. The van der Waals surface area contributed by atoms with Crippen LogP contribution in [0.1, 0.15) is 44.2 Å². The van der Waals surface area contributed by atoms with Crippen molar-refractivity contribution in [1.82, 2.24) is 10.3 Å². The molecule has 146 valence electrons. The van der Waals surface area contributed by atoms with E-state index in [9.17, 15) is 13.2 Å². The van der Waals surface area contributed by atoms with Gasteiger partial charge in [0.05, 0.1) is 10.6 Å². The molecule has 2 aromatic rings. The van der Waals surface area contributed by atoms with E-state index in [1.807, 2.05) is 0 Å². The van der Waals surface area contributed by atoms with Crippen molar-refractivity contribution >= 4 is 32.4 Å². The third kappa shape index (κ3) is 6.04. The normalized spacial score (nSPS) is 15.4. The average Bonchev–Trinajstić information content (AvgIpc) is 3.13. The molecule has 0 aliphatic heterocycles. The zero-order valence-corrected chi connectivity index (χ0v) is 16.8. The smallest absolute Gasteiger partial charge is 0.263 e. The van der Waals surface area contributed by atoms with Gasteiger partial charge >= 0.3 is 0 Å². The first kappa shape index (κ1) is 19.8. The van der Waals surface area contributed by atoms with Crippen molar-refractivity contribution in [2.24, 2.45) is 5.92 Å². The highest BCUT2D eigenvalue weighted by Gasteiger charge is 2.17. The molecule has 8 heteroatoms. The van der Waals surface area contributed by atoms with E-state index in [4.69, 9.17) is 0 Å². The van der Waals surface area contributed by atoms with Crippen LogP contribution in [-0.4, -0.2) is 25.9 Å². The Morgan fingerprint density at radius 2 is 1.89 bits per heavy atom. The lowest BCUT2D eigenvalue weighted by Crippen LogP contribution is -2.30. The third-order valence-corrected chi connectivity index (χ3v) is 7.04. The first-order chi connectivity index (χ1) is 13.0. The number of sulfonamides is 1. The molecule has 1 aromatic carbocycles. The Labute approximate surface area is 164 Å². The summed E-state index contributed by atoms with van der Waals surface area (Å²) in [5, 5.41) is 5.12. The highest BCUT2D eigenvalue weighted by atomic mass is 32.2. The number of nitrogens with zero attached hydrogens (tertiary/aromatic N) is 1. The topological polar surface area (TPSA) is 88.2 Å². The number of aromatic nitrogens is 1. The fourth-order valence-corrected chi connectivity index (χ4v) is 5.24. The molecule has 3 rings (SSSR count). The van der Waals surface area contributed by atoms with Crippen LogP contribution >= 0.6 is 11.3 Å². The van der Waals surface area contributed by atoms with Gasteiger partial charge in [-0.1, -0.05) is 37.5 Å². The Morgan fingerprint density at radius 1 is 1.15 bits per heavy atom. The Hall–Kier alpha value is -1.93. The van der Waals surface area contributed by atoms with Crippen LogP contribution in [0.15, 0.2) is 40.6 Å². The number of benzene rings is 1. The summed E-state index contributed by atoms with van der Waals surface area (Å²) in [6.45, 7) is 0.762. The maximum Gasteiger partial charge on any atom is 0.263 e. The number of amides is 1. The minimum absolute atomic E-state index is 0.0278. The number of carbonyl (C=O) groups is 1. The summed E-state index contributed by atoms with van der Waals surface area (Å²) in [6, 6.07) is 8.18. The van der Waals surface area contributed by atoms with Gasteiger partial charge in [0.2, 0.25) is 5.91 Å². The Morgan fingerprint density at radius 3 is 2.63 bits per heavy atom. The molecule has 27 heavy (non-hydrogen) atoms. The molecule has 1 aliphatic carbocycles. The predicted octanol–water partition coefficient (Wildman–Crippen LogP) is 3.57. The minimum atomic E-state index is -3.63. The molecule has 1 heterocycles. The average molecular weight is 408 g/mol. The molecule has 0 radical (unpaired) electrons. The molecule has 1 aliphatic rings. The van der Waals surface area contributed by atoms with E-state index in [1.54, 1.807) is 23.6 Å². The summed E-state index contributed by atoms with van der Waals surface area (Å²) in [5.74, 6) is 0.640. The quantitative estimate of drug-likeness (QED) is 0.700. The number of carbonyl (C=O) groups excluding carboxylic acids is 1. The van der Waals surface area contributed by atoms with Crippen molar-refractivity contribution in [2.75, 3.05) is 11.3 Å². The van der Waals surface area contributed by atoms with Crippen molar-refractivity contribution in [3.63, 3.8) is 0 Å². The standard InChI is InChI=1S/C19H25N3O3S2/c23-18(20-13-15-7-3-1-4-8-15)12-11-16-14-26-19(21-16)22-27(24,25)17-9-5-2-6-10-17/h2,5-6,9-10,14-15H,1,3-4,7-8,11-13H2,(H,20,23)(H,21,22). The lowest BCUT2D eigenvalue weighted by Gasteiger charge is -2.21.